The van der Waals surface area contributed by atoms with Crippen molar-refractivity contribution in [3.8, 4) is 5.75 Å². The van der Waals surface area contributed by atoms with Crippen LogP contribution in [0.1, 0.15) is 42.4 Å². The molecule has 1 fully saturated rings. The van der Waals surface area contributed by atoms with Crippen molar-refractivity contribution in [3.63, 3.8) is 0 Å². The Hall–Kier alpha value is -3.03. The molecule has 0 aromatic heterocycles. The zero-order chi connectivity index (χ0) is 22.6. The number of ether oxygens (including phenoxy) is 1. The van der Waals surface area contributed by atoms with Gasteiger partial charge in [0.15, 0.2) is 11.6 Å². The molecule has 1 atom stereocenters. The summed E-state index contributed by atoms with van der Waals surface area (Å²) in [5.41, 5.74) is 0.227. The highest BCUT2D eigenvalue weighted by Gasteiger charge is 2.38. The standard InChI is InChI=1S/C23H25F3N2O3/c1-14-3-5-17(24)16(22(14)26)13-27-20(29)7-9-23(10-8-21(30)28-23)12-15-4-6-18(25)19(11-15)31-2/h3-6,11H,7-10,12-13H2,1-2H3,(H,27,29)(H,28,30)/t23-/m0/s1. The molecule has 0 radical (unpaired) electrons. The monoisotopic (exact) mass is 434 g/mol. The third-order valence-electron chi connectivity index (χ3n) is 5.67. The molecule has 5 nitrogen and oxygen atoms in total. The first kappa shape index (κ1) is 22.7. The molecule has 166 valence electrons. The van der Waals surface area contributed by atoms with Gasteiger partial charge in [0.05, 0.1) is 7.11 Å². The van der Waals surface area contributed by atoms with E-state index in [0.717, 1.165) is 5.56 Å². The minimum atomic E-state index is -0.715. The quantitative estimate of drug-likeness (QED) is 0.666. The van der Waals surface area contributed by atoms with Crippen molar-refractivity contribution in [3.05, 3.63) is 64.5 Å². The fourth-order valence-corrected chi connectivity index (χ4v) is 3.89. The summed E-state index contributed by atoms with van der Waals surface area (Å²) in [5.74, 6) is -2.25. The van der Waals surface area contributed by atoms with Crippen molar-refractivity contribution in [2.75, 3.05) is 7.11 Å². The van der Waals surface area contributed by atoms with Crippen LogP contribution in [-0.4, -0.2) is 24.5 Å². The Morgan fingerprint density at radius 3 is 2.61 bits per heavy atom. The highest BCUT2D eigenvalue weighted by molar-refractivity contribution is 5.80. The highest BCUT2D eigenvalue weighted by atomic mass is 19.1. The van der Waals surface area contributed by atoms with E-state index < -0.39 is 23.0 Å². The fourth-order valence-electron chi connectivity index (χ4n) is 3.89. The third-order valence-corrected chi connectivity index (χ3v) is 5.67. The zero-order valence-corrected chi connectivity index (χ0v) is 17.5. The Labute approximate surface area is 179 Å². The number of carbonyl (C=O) groups is 2. The summed E-state index contributed by atoms with van der Waals surface area (Å²) < 4.78 is 46.7. The Kier molecular flexibility index (Phi) is 6.87. The summed E-state index contributed by atoms with van der Waals surface area (Å²) in [6, 6.07) is 7.00. The second-order valence-electron chi connectivity index (χ2n) is 7.91. The van der Waals surface area contributed by atoms with Gasteiger partial charge in [0.25, 0.3) is 0 Å². The van der Waals surface area contributed by atoms with Gasteiger partial charge in [-0.05, 0) is 55.5 Å². The average molecular weight is 434 g/mol. The van der Waals surface area contributed by atoms with Gasteiger partial charge >= 0.3 is 0 Å². The van der Waals surface area contributed by atoms with Crippen LogP contribution in [0.25, 0.3) is 0 Å². The van der Waals surface area contributed by atoms with E-state index in [4.69, 9.17) is 4.74 Å². The molecule has 0 spiro atoms. The minimum Gasteiger partial charge on any atom is -0.494 e. The Bertz CT molecular complexity index is 996. The summed E-state index contributed by atoms with van der Waals surface area (Å²) in [5, 5.41) is 5.50. The summed E-state index contributed by atoms with van der Waals surface area (Å²) in [4.78, 5) is 24.3. The van der Waals surface area contributed by atoms with Crippen LogP contribution in [0.4, 0.5) is 13.2 Å². The molecule has 0 aliphatic carbocycles. The van der Waals surface area contributed by atoms with Crippen LogP contribution >= 0.6 is 0 Å². The second kappa shape index (κ2) is 9.41. The number of amides is 2. The smallest absolute Gasteiger partial charge is 0.220 e. The van der Waals surface area contributed by atoms with Gasteiger partial charge in [-0.1, -0.05) is 12.1 Å². The van der Waals surface area contributed by atoms with Crippen LogP contribution in [-0.2, 0) is 22.6 Å². The first-order valence-electron chi connectivity index (χ1n) is 10.1. The van der Waals surface area contributed by atoms with Crippen LogP contribution in [0.2, 0.25) is 0 Å². The van der Waals surface area contributed by atoms with E-state index >= 15 is 0 Å². The van der Waals surface area contributed by atoms with E-state index in [9.17, 15) is 22.8 Å². The SMILES string of the molecule is COc1cc(C[C@]2(CCC(=O)NCc3c(F)ccc(C)c3F)CCC(=O)N2)ccc1F. The largest absolute Gasteiger partial charge is 0.494 e. The van der Waals surface area contributed by atoms with Crippen molar-refractivity contribution in [2.24, 2.45) is 0 Å². The van der Waals surface area contributed by atoms with E-state index in [1.165, 1.54) is 32.2 Å². The maximum absolute atomic E-state index is 14.1. The van der Waals surface area contributed by atoms with Crippen LogP contribution in [0, 0.1) is 24.4 Å². The van der Waals surface area contributed by atoms with Crippen LogP contribution in [0.3, 0.4) is 0 Å². The first-order valence-corrected chi connectivity index (χ1v) is 10.1. The van der Waals surface area contributed by atoms with Gasteiger partial charge in [0.2, 0.25) is 11.8 Å². The first-order chi connectivity index (χ1) is 14.7. The molecular weight excluding hydrogens is 409 g/mol. The minimum absolute atomic E-state index is 0.0632. The molecule has 2 amide bonds. The van der Waals surface area contributed by atoms with Crippen molar-refractivity contribution in [2.45, 2.75) is 51.1 Å². The molecule has 8 heteroatoms. The lowest BCUT2D eigenvalue weighted by molar-refractivity contribution is -0.122. The summed E-state index contributed by atoms with van der Waals surface area (Å²) in [6.07, 6.45) is 1.67. The number of nitrogens with one attached hydrogen (secondary N) is 2. The maximum Gasteiger partial charge on any atom is 0.220 e. The van der Waals surface area contributed by atoms with Gasteiger partial charge < -0.3 is 15.4 Å². The van der Waals surface area contributed by atoms with Gasteiger partial charge in [-0.2, -0.15) is 0 Å². The van der Waals surface area contributed by atoms with E-state index in [2.05, 4.69) is 10.6 Å². The molecule has 1 heterocycles. The van der Waals surface area contributed by atoms with Gasteiger partial charge in [0, 0.05) is 30.5 Å². The van der Waals surface area contributed by atoms with Crippen LogP contribution < -0.4 is 15.4 Å². The molecule has 0 saturated carbocycles. The predicted octanol–water partition coefficient (Wildman–Crippen LogP) is 3.71. The number of halogens is 3. The molecule has 0 unspecified atom stereocenters. The summed E-state index contributed by atoms with van der Waals surface area (Å²) in [7, 11) is 1.37. The lowest BCUT2D eigenvalue weighted by Gasteiger charge is -2.29. The average Bonchev–Trinajstić information content (AvgIpc) is 3.11. The molecule has 3 rings (SSSR count). The van der Waals surface area contributed by atoms with E-state index in [-0.39, 0.29) is 36.1 Å². The number of hydrogen-bond donors (Lipinski definition) is 2. The molecule has 2 aromatic carbocycles. The maximum atomic E-state index is 14.1. The summed E-state index contributed by atoms with van der Waals surface area (Å²) >= 11 is 0. The lowest BCUT2D eigenvalue weighted by atomic mass is 9.85. The normalized spacial score (nSPS) is 18.0. The van der Waals surface area contributed by atoms with Crippen molar-refractivity contribution < 1.29 is 27.5 Å². The fraction of sp³-hybridized carbons (Fsp3) is 0.391. The van der Waals surface area contributed by atoms with Crippen molar-refractivity contribution in [1.29, 1.82) is 0 Å². The number of methoxy groups -OCH3 is 1. The number of carbonyl (C=O) groups excluding carboxylic acids is 2. The summed E-state index contributed by atoms with van der Waals surface area (Å²) in [6.45, 7) is 1.27. The lowest BCUT2D eigenvalue weighted by Crippen LogP contribution is -2.44. The highest BCUT2D eigenvalue weighted by Crippen LogP contribution is 2.31. The van der Waals surface area contributed by atoms with Crippen molar-refractivity contribution in [1.82, 2.24) is 10.6 Å². The molecule has 2 aromatic rings. The zero-order valence-electron chi connectivity index (χ0n) is 17.5. The number of rotatable bonds is 8. The molecule has 2 N–H and O–H groups in total. The van der Waals surface area contributed by atoms with Gasteiger partial charge in [-0.3, -0.25) is 9.59 Å². The molecule has 1 aliphatic rings. The second-order valence-corrected chi connectivity index (χ2v) is 7.91. The molecule has 1 saturated heterocycles. The number of aryl methyl sites for hydroxylation is 1. The van der Waals surface area contributed by atoms with Crippen LogP contribution in [0.5, 0.6) is 5.75 Å². The topological polar surface area (TPSA) is 67.4 Å². The Balaban J connectivity index is 1.65. The number of benzene rings is 2. The number of hydrogen-bond acceptors (Lipinski definition) is 3. The molecule has 31 heavy (non-hydrogen) atoms. The van der Waals surface area contributed by atoms with E-state index in [1.807, 2.05) is 0 Å². The Morgan fingerprint density at radius 1 is 1.19 bits per heavy atom. The Morgan fingerprint density at radius 2 is 1.94 bits per heavy atom. The molecule has 0 bridgehead atoms. The van der Waals surface area contributed by atoms with Gasteiger partial charge in [-0.25, -0.2) is 13.2 Å². The molecular formula is C23H25F3N2O3. The van der Waals surface area contributed by atoms with Crippen molar-refractivity contribution >= 4 is 11.8 Å². The predicted molar refractivity (Wildman–Crippen MR) is 109 cm³/mol. The van der Waals surface area contributed by atoms with Gasteiger partial charge in [0.1, 0.15) is 11.6 Å². The van der Waals surface area contributed by atoms with E-state index in [1.54, 1.807) is 12.1 Å². The molecule has 1 aliphatic heterocycles. The van der Waals surface area contributed by atoms with E-state index in [0.29, 0.717) is 31.2 Å². The van der Waals surface area contributed by atoms with Gasteiger partial charge in [-0.15, -0.1) is 0 Å². The third kappa shape index (κ3) is 5.37. The van der Waals surface area contributed by atoms with Crippen LogP contribution in [0.15, 0.2) is 30.3 Å².